The normalized spacial score (nSPS) is 11.2. The van der Waals surface area contributed by atoms with E-state index in [1.165, 1.54) is 17.8 Å². The summed E-state index contributed by atoms with van der Waals surface area (Å²) in [6.45, 7) is 2.33. The second kappa shape index (κ2) is 6.91. The summed E-state index contributed by atoms with van der Waals surface area (Å²) in [6.07, 6.45) is 0. The lowest BCUT2D eigenvalue weighted by molar-refractivity contribution is 0.0949. The van der Waals surface area contributed by atoms with Gasteiger partial charge in [-0.05, 0) is 19.1 Å². The summed E-state index contributed by atoms with van der Waals surface area (Å²) in [6, 6.07) is 3.15. The molecular weight excluding hydrogens is 298 g/mol. The van der Waals surface area contributed by atoms with Crippen LogP contribution in [0.5, 0.6) is 0 Å². The van der Waals surface area contributed by atoms with Crippen molar-refractivity contribution in [1.82, 2.24) is 15.5 Å². The molecule has 1 heterocycles. The molecular formula is C9H12ClN3O3S2. The van der Waals surface area contributed by atoms with Crippen LogP contribution in [0.4, 0.5) is 0 Å². The van der Waals surface area contributed by atoms with Gasteiger partial charge in [-0.15, -0.1) is 22.0 Å². The molecule has 0 aliphatic heterocycles. The summed E-state index contributed by atoms with van der Waals surface area (Å²) in [5.74, 6) is -0.134. The molecule has 0 saturated heterocycles. The number of carbonyl (C=O) groups excluding carboxylic acids is 1. The Balaban J connectivity index is 2.53. The van der Waals surface area contributed by atoms with Crippen LogP contribution in [0, 0.1) is 0 Å². The van der Waals surface area contributed by atoms with Crippen LogP contribution >= 0.6 is 22.4 Å². The van der Waals surface area contributed by atoms with Crippen LogP contribution in [0.1, 0.15) is 17.4 Å². The van der Waals surface area contributed by atoms with E-state index in [0.29, 0.717) is 17.3 Å². The van der Waals surface area contributed by atoms with E-state index in [2.05, 4.69) is 15.5 Å². The van der Waals surface area contributed by atoms with Crippen LogP contribution in [-0.4, -0.2) is 42.6 Å². The van der Waals surface area contributed by atoms with E-state index in [-0.39, 0.29) is 17.4 Å². The molecule has 1 aromatic heterocycles. The van der Waals surface area contributed by atoms with E-state index >= 15 is 0 Å². The maximum Gasteiger partial charge on any atom is 0.271 e. The van der Waals surface area contributed by atoms with E-state index in [1.807, 2.05) is 6.92 Å². The van der Waals surface area contributed by atoms with Gasteiger partial charge < -0.3 is 5.32 Å². The van der Waals surface area contributed by atoms with Crippen LogP contribution in [0.15, 0.2) is 17.2 Å². The number of carbonyl (C=O) groups is 1. The van der Waals surface area contributed by atoms with Crippen molar-refractivity contribution >= 4 is 37.4 Å². The maximum absolute atomic E-state index is 11.4. The van der Waals surface area contributed by atoms with Crippen molar-refractivity contribution in [3.8, 4) is 0 Å². The number of amides is 1. The van der Waals surface area contributed by atoms with Gasteiger partial charge in [-0.2, -0.15) is 0 Å². The molecule has 0 aromatic carbocycles. The van der Waals surface area contributed by atoms with Crippen LogP contribution in [0.3, 0.4) is 0 Å². The molecule has 0 unspecified atom stereocenters. The molecule has 0 atom stereocenters. The molecule has 0 bridgehead atoms. The van der Waals surface area contributed by atoms with Crippen LogP contribution in [-0.2, 0) is 9.05 Å². The summed E-state index contributed by atoms with van der Waals surface area (Å²) in [4.78, 5) is 11.4. The third-order valence-electron chi connectivity index (χ3n) is 1.79. The van der Waals surface area contributed by atoms with Gasteiger partial charge in [0.15, 0.2) is 5.69 Å². The molecule has 1 amide bonds. The molecule has 18 heavy (non-hydrogen) atoms. The molecule has 1 N–H and O–H groups in total. The largest absolute Gasteiger partial charge is 0.351 e. The summed E-state index contributed by atoms with van der Waals surface area (Å²) >= 11 is 1.21. The SMILES string of the molecule is CCNC(=O)c1ccc(SCCS(=O)(=O)Cl)nn1. The van der Waals surface area contributed by atoms with Crippen LogP contribution in [0.2, 0.25) is 0 Å². The Bertz CT molecular complexity index is 504. The van der Waals surface area contributed by atoms with E-state index < -0.39 is 9.05 Å². The first-order valence-electron chi connectivity index (χ1n) is 5.09. The van der Waals surface area contributed by atoms with Crippen LogP contribution < -0.4 is 5.32 Å². The zero-order valence-electron chi connectivity index (χ0n) is 9.59. The highest BCUT2D eigenvalue weighted by Crippen LogP contribution is 2.15. The first-order chi connectivity index (χ1) is 8.42. The van der Waals surface area contributed by atoms with Crippen molar-refractivity contribution in [3.05, 3.63) is 17.8 Å². The fourth-order valence-corrected chi connectivity index (χ4v) is 3.18. The van der Waals surface area contributed by atoms with Gasteiger partial charge in [-0.1, -0.05) is 0 Å². The third-order valence-corrected chi connectivity index (χ3v) is 4.12. The second-order valence-electron chi connectivity index (χ2n) is 3.21. The lowest BCUT2D eigenvalue weighted by Gasteiger charge is -2.01. The predicted molar refractivity (Wildman–Crippen MR) is 70.4 cm³/mol. The molecule has 0 spiro atoms. The lowest BCUT2D eigenvalue weighted by atomic mass is 10.4. The molecule has 0 saturated carbocycles. The zero-order valence-corrected chi connectivity index (χ0v) is 12.0. The molecule has 0 fully saturated rings. The summed E-state index contributed by atoms with van der Waals surface area (Å²) in [5.41, 5.74) is 0.228. The van der Waals surface area contributed by atoms with Gasteiger partial charge in [0.05, 0.1) is 5.75 Å². The topological polar surface area (TPSA) is 89.0 Å². The van der Waals surface area contributed by atoms with Crippen molar-refractivity contribution in [2.75, 3.05) is 18.1 Å². The monoisotopic (exact) mass is 309 g/mol. The fourth-order valence-electron chi connectivity index (χ4n) is 1.02. The van der Waals surface area contributed by atoms with Crippen molar-refractivity contribution in [1.29, 1.82) is 0 Å². The minimum Gasteiger partial charge on any atom is -0.351 e. The number of nitrogens with zero attached hydrogens (tertiary/aromatic N) is 2. The van der Waals surface area contributed by atoms with Crippen LogP contribution in [0.25, 0.3) is 0 Å². The number of thioether (sulfide) groups is 1. The fraction of sp³-hybridized carbons (Fsp3) is 0.444. The predicted octanol–water partition coefficient (Wildman–Crippen LogP) is 0.887. The quantitative estimate of drug-likeness (QED) is 0.620. The number of rotatable bonds is 6. The Morgan fingerprint density at radius 3 is 2.67 bits per heavy atom. The van der Waals surface area contributed by atoms with Gasteiger partial charge >= 0.3 is 0 Å². The Morgan fingerprint density at radius 1 is 1.44 bits per heavy atom. The zero-order chi connectivity index (χ0) is 13.6. The lowest BCUT2D eigenvalue weighted by Crippen LogP contribution is -2.23. The average Bonchev–Trinajstić information content (AvgIpc) is 2.28. The smallest absolute Gasteiger partial charge is 0.271 e. The summed E-state index contributed by atoms with van der Waals surface area (Å²) in [7, 11) is 1.59. The molecule has 100 valence electrons. The highest BCUT2D eigenvalue weighted by Gasteiger charge is 2.08. The standard InChI is InChI=1S/C9H12ClN3O3S2/c1-2-11-9(14)7-3-4-8(13-12-7)17-5-6-18(10,15)16/h3-4H,2,5-6H2,1H3,(H,11,14). The second-order valence-corrected chi connectivity index (χ2v) is 7.22. The van der Waals surface area contributed by atoms with Crippen molar-refractivity contribution in [2.45, 2.75) is 11.9 Å². The minimum atomic E-state index is -3.48. The van der Waals surface area contributed by atoms with Gasteiger partial charge in [0, 0.05) is 23.0 Å². The van der Waals surface area contributed by atoms with Crippen molar-refractivity contribution in [2.24, 2.45) is 0 Å². The van der Waals surface area contributed by atoms with Crippen molar-refractivity contribution < 1.29 is 13.2 Å². The third kappa shape index (κ3) is 5.65. The van der Waals surface area contributed by atoms with Gasteiger partial charge in [-0.25, -0.2) is 8.42 Å². The van der Waals surface area contributed by atoms with E-state index in [4.69, 9.17) is 10.7 Å². The highest BCUT2D eigenvalue weighted by atomic mass is 35.7. The molecule has 0 radical (unpaired) electrons. The Labute approximate surface area is 114 Å². The Morgan fingerprint density at radius 2 is 2.17 bits per heavy atom. The highest BCUT2D eigenvalue weighted by molar-refractivity contribution is 8.14. The maximum atomic E-state index is 11.4. The summed E-state index contributed by atoms with van der Waals surface area (Å²) < 4.78 is 21.4. The molecule has 1 aromatic rings. The molecule has 1 rings (SSSR count). The van der Waals surface area contributed by atoms with E-state index in [1.54, 1.807) is 6.07 Å². The molecule has 6 nitrogen and oxygen atoms in total. The van der Waals surface area contributed by atoms with E-state index in [9.17, 15) is 13.2 Å². The first kappa shape index (κ1) is 15.2. The van der Waals surface area contributed by atoms with Gasteiger partial charge in [-0.3, -0.25) is 4.79 Å². The van der Waals surface area contributed by atoms with E-state index in [0.717, 1.165) is 0 Å². The first-order valence-corrected chi connectivity index (χ1v) is 8.56. The number of halogens is 1. The number of hydrogen-bond acceptors (Lipinski definition) is 6. The number of nitrogens with one attached hydrogen (secondary N) is 1. The number of hydrogen-bond donors (Lipinski definition) is 1. The Kier molecular flexibility index (Phi) is 5.83. The van der Waals surface area contributed by atoms with Crippen molar-refractivity contribution in [3.63, 3.8) is 0 Å². The average molecular weight is 310 g/mol. The number of aromatic nitrogens is 2. The summed E-state index contributed by atoms with van der Waals surface area (Å²) in [5, 5.41) is 10.7. The molecule has 0 aliphatic rings. The Hall–Kier alpha value is -0.860. The molecule has 9 heteroatoms. The van der Waals surface area contributed by atoms with Gasteiger partial charge in [0.2, 0.25) is 9.05 Å². The van der Waals surface area contributed by atoms with Gasteiger partial charge in [0.1, 0.15) is 5.03 Å². The van der Waals surface area contributed by atoms with Gasteiger partial charge in [0.25, 0.3) is 5.91 Å². The minimum absolute atomic E-state index is 0.140. The molecule has 0 aliphatic carbocycles.